The Bertz CT molecular complexity index is 1230. The summed E-state index contributed by atoms with van der Waals surface area (Å²) in [6.45, 7) is 0. The molecule has 5 rings (SSSR count). The van der Waals surface area contributed by atoms with Crippen molar-refractivity contribution in [3.05, 3.63) is 102 Å². The van der Waals surface area contributed by atoms with E-state index in [0.717, 1.165) is 35.4 Å². The van der Waals surface area contributed by atoms with E-state index < -0.39 is 12.0 Å². The molecular weight excluding hydrogens is 414 g/mol. The largest absolute Gasteiger partial charge is 0.480 e. The van der Waals surface area contributed by atoms with Crippen molar-refractivity contribution < 1.29 is 14.3 Å². The fraction of sp³-hybridized carbons (Fsp3) is 0.222. The van der Waals surface area contributed by atoms with Crippen LogP contribution >= 0.6 is 0 Å². The van der Waals surface area contributed by atoms with Gasteiger partial charge in [-0.25, -0.2) is 14.8 Å². The molecule has 166 valence electrons. The molecular formula is C27H25N3O3. The molecule has 33 heavy (non-hydrogen) atoms. The van der Waals surface area contributed by atoms with E-state index >= 15 is 0 Å². The second-order valence-corrected chi connectivity index (χ2v) is 8.40. The fourth-order valence-corrected chi connectivity index (χ4v) is 3.87. The van der Waals surface area contributed by atoms with Crippen LogP contribution in [0, 0.1) is 0 Å². The number of nitrogens with zero attached hydrogens (tertiary/aromatic N) is 2. The summed E-state index contributed by atoms with van der Waals surface area (Å²) in [5.41, 5.74) is 3.49. The molecule has 1 saturated carbocycles. The van der Waals surface area contributed by atoms with Crippen molar-refractivity contribution in [3.63, 3.8) is 0 Å². The van der Waals surface area contributed by atoms with E-state index in [2.05, 4.69) is 10.3 Å². The summed E-state index contributed by atoms with van der Waals surface area (Å²) in [5, 5.41) is 13.0. The highest BCUT2D eigenvalue weighted by Crippen LogP contribution is 2.40. The van der Waals surface area contributed by atoms with E-state index in [-0.39, 0.29) is 6.42 Å². The minimum Gasteiger partial charge on any atom is -0.480 e. The lowest BCUT2D eigenvalue weighted by molar-refractivity contribution is -0.138. The number of carboxylic acid groups (broad SMARTS) is 1. The van der Waals surface area contributed by atoms with Crippen LogP contribution in [0.25, 0.3) is 11.3 Å². The minimum absolute atomic E-state index is 0.231. The van der Waals surface area contributed by atoms with Gasteiger partial charge in [-0.05, 0) is 30.5 Å². The Hall–Kier alpha value is -3.93. The van der Waals surface area contributed by atoms with Crippen molar-refractivity contribution in [2.45, 2.75) is 37.6 Å². The van der Waals surface area contributed by atoms with Crippen molar-refractivity contribution >= 4 is 11.8 Å². The normalized spacial score (nSPS) is 14.1. The lowest BCUT2D eigenvalue weighted by Gasteiger charge is -2.17. The number of anilines is 1. The van der Waals surface area contributed by atoms with Gasteiger partial charge in [0, 0.05) is 24.3 Å². The Morgan fingerprint density at radius 1 is 1.03 bits per heavy atom. The number of hydrogen-bond acceptors (Lipinski definition) is 5. The third-order valence-electron chi connectivity index (χ3n) is 5.81. The van der Waals surface area contributed by atoms with Gasteiger partial charge in [0.15, 0.2) is 0 Å². The van der Waals surface area contributed by atoms with E-state index in [1.807, 2.05) is 72.8 Å². The highest BCUT2D eigenvalue weighted by molar-refractivity contribution is 5.77. The van der Waals surface area contributed by atoms with Crippen molar-refractivity contribution in [1.29, 1.82) is 0 Å². The SMILES string of the molecule is O=C(O)C(Cc1ccc(C2CC2)o1)Nc1ncc(-c2ccccc2)nc1Cc1ccccc1. The van der Waals surface area contributed by atoms with Crippen LogP contribution in [0.3, 0.4) is 0 Å². The van der Waals surface area contributed by atoms with Gasteiger partial charge in [-0.15, -0.1) is 0 Å². The summed E-state index contributed by atoms with van der Waals surface area (Å²) in [5.74, 6) is 1.61. The number of aliphatic carboxylic acids is 1. The molecule has 6 heteroatoms. The number of carbonyl (C=O) groups is 1. The predicted molar refractivity (Wildman–Crippen MR) is 126 cm³/mol. The molecule has 6 nitrogen and oxygen atoms in total. The van der Waals surface area contributed by atoms with E-state index in [4.69, 9.17) is 9.40 Å². The fourth-order valence-electron chi connectivity index (χ4n) is 3.87. The molecule has 1 aliphatic rings. The molecule has 0 amide bonds. The van der Waals surface area contributed by atoms with Crippen LogP contribution in [-0.2, 0) is 17.6 Å². The molecule has 0 bridgehead atoms. The maximum atomic E-state index is 12.1. The summed E-state index contributed by atoms with van der Waals surface area (Å²) >= 11 is 0. The molecule has 1 fully saturated rings. The lowest BCUT2D eigenvalue weighted by atomic mass is 10.1. The average Bonchev–Trinajstić information content (AvgIpc) is 3.59. The first-order valence-corrected chi connectivity index (χ1v) is 11.2. The number of benzene rings is 2. The van der Waals surface area contributed by atoms with Gasteiger partial charge in [-0.3, -0.25) is 0 Å². The maximum absolute atomic E-state index is 12.1. The number of carboxylic acids is 1. The molecule has 2 N–H and O–H groups in total. The molecule has 0 spiro atoms. The third-order valence-corrected chi connectivity index (χ3v) is 5.81. The zero-order valence-corrected chi connectivity index (χ0v) is 18.1. The van der Waals surface area contributed by atoms with E-state index in [9.17, 15) is 9.90 Å². The molecule has 1 atom stereocenters. The van der Waals surface area contributed by atoms with Crippen molar-refractivity contribution in [2.75, 3.05) is 5.32 Å². The van der Waals surface area contributed by atoms with Gasteiger partial charge in [0.25, 0.3) is 0 Å². The number of aromatic nitrogens is 2. The van der Waals surface area contributed by atoms with E-state index in [1.165, 1.54) is 0 Å². The van der Waals surface area contributed by atoms with Crippen molar-refractivity contribution in [3.8, 4) is 11.3 Å². The zero-order chi connectivity index (χ0) is 22.6. The van der Waals surface area contributed by atoms with Crippen LogP contribution in [0.15, 0.2) is 83.4 Å². The molecule has 2 aromatic carbocycles. The van der Waals surface area contributed by atoms with Crippen LogP contribution in [0.2, 0.25) is 0 Å². The maximum Gasteiger partial charge on any atom is 0.326 e. The zero-order valence-electron chi connectivity index (χ0n) is 18.1. The molecule has 0 radical (unpaired) electrons. The number of rotatable bonds is 9. The summed E-state index contributed by atoms with van der Waals surface area (Å²) in [4.78, 5) is 21.5. The lowest BCUT2D eigenvalue weighted by Crippen LogP contribution is -2.32. The van der Waals surface area contributed by atoms with E-state index in [0.29, 0.717) is 29.6 Å². The first-order valence-electron chi connectivity index (χ1n) is 11.2. The molecule has 4 aromatic rings. The van der Waals surface area contributed by atoms with Crippen LogP contribution in [-0.4, -0.2) is 27.1 Å². The van der Waals surface area contributed by atoms with Crippen molar-refractivity contribution in [1.82, 2.24) is 9.97 Å². The Morgan fingerprint density at radius 3 is 2.45 bits per heavy atom. The topological polar surface area (TPSA) is 88.2 Å². The van der Waals surface area contributed by atoms with Gasteiger partial charge in [0.05, 0.1) is 17.6 Å². The Balaban J connectivity index is 1.43. The quantitative estimate of drug-likeness (QED) is 0.367. The summed E-state index contributed by atoms with van der Waals surface area (Å²) in [7, 11) is 0. The number of hydrogen-bond donors (Lipinski definition) is 2. The standard InChI is InChI=1S/C27H25N3O3/c31-27(32)23(16-21-13-14-25(33-21)20-11-12-20)30-26-22(15-18-7-3-1-4-8-18)29-24(17-28-26)19-9-5-2-6-10-19/h1-10,13-14,17,20,23H,11-12,15-16H2,(H,28,30)(H,31,32). The third kappa shape index (κ3) is 5.12. The van der Waals surface area contributed by atoms with Gasteiger partial charge in [-0.1, -0.05) is 60.7 Å². The van der Waals surface area contributed by atoms with Crippen LogP contribution in [0.5, 0.6) is 0 Å². The highest BCUT2D eigenvalue weighted by Gasteiger charge is 2.28. The molecule has 2 heterocycles. The number of nitrogens with one attached hydrogen (secondary N) is 1. The molecule has 1 unspecified atom stereocenters. The molecule has 0 saturated heterocycles. The summed E-state index contributed by atoms with van der Waals surface area (Å²) < 4.78 is 5.89. The van der Waals surface area contributed by atoms with Gasteiger partial charge in [0.1, 0.15) is 23.4 Å². The second kappa shape index (κ2) is 9.28. The first-order chi connectivity index (χ1) is 16.2. The minimum atomic E-state index is -0.959. The number of furan rings is 1. The second-order valence-electron chi connectivity index (χ2n) is 8.40. The summed E-state index contributed by atoms with van der Waals surface area (Å²) in [6, 6.07) is 22.8. The van der Waals surface area contributed by atoms with Crippen molar-refractivity contribution in [2.24, 2.45) is 0 Å². The van der Waals surface area contributed by atoms with E-state index in [1.54, 1.807) is 6.20 Å². The molecule has 0 aliphatic heterocycles. The van der Waals surface area contributed by atoms with Gasteiger partial charge in [0.2, 0.25) is 0 Å². The monoisotopic (exact) mass is 439 g/mol. The highest BCUT2D eigenvalue weighted by atomic mass is 16.4. The predicted octanol–water partition coefficient (Wildman–Crippen LogP) is 5.31. The van der Waals surface area contributed by atoms with Gasteiger partial charge in [-0.2, -0.15) is 0 Å². The average molecular weight is 440 g/mol. The van der Waals surface area contributed by atoms with Crippen LogP contribution < -0.4 is 5.32 Å². The Kier molecular flexibility index (Phi) is 5.89. The Labute approximate surface area is 192 Å². The van der Waals surface area contributed by atoms with Crippen LogP contribution in [0.1, 0.15) is 41.5 Å². The Morgan fingerprint density at radius 2 is 1.76 bits per heavy atom. The molecule has 2 aromatic heterocycles. The smallest absolute Gasteiger partial charge is 0.326 e. The van der Waals surface area contributed by atoms with Crippen LogP contribution in [0.4, 0.5) is 5.82 Å². The van der Waals surface area contributed by atoms with Gasteiger partial charge < -0.3 is 14.8 Å². The first kappa shape index (κ1) is 20.9. The summed E-state index contributed by atoms with van der Waals surface area (Å²) in [6.07, 6.45) is 4.73. The van der Waals surface area contributed by atoms with Gasteiger partial charge >= 0.3 is 5.97 Å². The molecule has 1 aliphatic carbocycles.